The topological polar surface area (TPSA) is 46.6 Å². The van der Waals surface area contributed by atoms with Crippen molar-refractivity contribution in [2.24, 2.45) is 0 Å². The Morgan fingerprint density at radius 1 is 1.04 bits per heavy atom. The van der Waals surface area contributed by atoms with Gasteiger partial charge in [0.05, 0.1) is 12.0 Å². The maximum atomic E-state index is 13.0. The first-order chi connectivity index (χ1) is 11.5. The lowest BCUT2D eigenvalue weighted by Gasteiger charge is -2.22. The third kappa shape index (κ3) is 4.82. The molecule has 0 aliphatic heterocycles. The van der Waals surface area contributed by atoms with E-state index in [4.69, 9.17) is 4.74 Å². The molecular weight excluding hydrogens is 390 g/mol. The summed E-state index contributed by atoms with van der Waals surface area (Å²) in [6.45, 7) is 2.75. The van der Waals surface area contributed by atoms with Crippen molar-refractivity contribution < 1.29 is 13.2 Å². The van der Waals surface area contributed by atoms with Gasteiger partial charge in [-0.25, -0.2) is 8.42 Å². The molecule has 0 spiro atoms. The molecule has 0 aliphatic rings. The van der Waals surface area contributed by atoms with E-state index in [0.29, 0.717) is 18.0 Å². The summed E-state index contributed by atoms with van der Waals surface area (Å²) in [5.41, 5.74) is 1.97. The third-order valence-corrected chi connectivity index (χ3v) is 6.14. The van der Waals surface area contributed by atoms with Crippen LogP contribution in [-0.2, 0) is 16.6 Å². The number of nitrogens with zero attached hydrogens (tertiary/aromatic N) is 1. The Morgan fingerprint density at radius 3 is 2.21 bits per heavy atom. The van der Waals surface area contributed by atoms with E-state index in [2.05, 4.69) is 15.9 Å². The Morgan fingerprint density at radius 2 is 1.67 bits per heavy atom. The van der Waals surface area contributed by atoms with Crippen LogP contribution in [0.25, 0.3) is 0 Å². The van der Waals surface area contributed by atoms with Gasteiger partial charge in [-0.2, -0.15) is 4.31 Å². The molecule has 0 unspecified atom stereocenters. The Hall–Kier alpha value is -1.37. The average molecular weight is 412 g/mol. The van der Waals surface area contributed by atoms with Crippen molar-refractivity contribution in [2.75, 3.05) is 19.0 Å². The summed E-state index contributed by atoms with van der Waals surface area (Å²) >= 11 is 3.38. The molecule has 0 fully saturated rings. The van der Waals surface area contributed by atoms with Gasteiger partial charge in [-0.3, -0.25) is 0 Å². The highest BCUT2D eigenvalue weighted by molar-refractivity contribution is 9.09. The maximum absolute atomic E-state index is 13.0. The second-order valence-electron chi connectivity index (χ2n) is 5.54. The number of hydrogen-bond donors (Lipinski definition) is 0. The van der Waals surface area contributed by atoms with Crippen molar-refractivity contribution in [2.45, 2.75) is 24.8 Å². The molecule has 0 saturated carbocycles. The fourth-order valence-corrected chi connectivity index (χ4v) is 4.03. The van der Waals surface area contributed by atoms with E-state index >= 15 is 0 Å². The molecule has 0 saturated heterocycles. The van der Waals surface area contributed by atoms with Crippen LogP contribution in [0.1, 0.15) is 17.5 Å². The highest BCUT2D eigenvalue weighted by atomic mass is 79.9. The van der Waals surface area contributed by atoms with Crippen molar-refractivity contribution in [3.63, 3.8) is 0 Å². The van der Waals surface area contributed by atoms with E-state index < -0.39 is 10.0 Å². The van der Waals surface area contributed by atoms with Crippen LogP contribution in [0.5, 0.6) is 5.75 Å². The molecule has 2 aromatic carbocycles. The monoisotopic (exact) mass is 411 g/mol. The number of methoxy groups -OCH3 is 1. The van der Waals surface area contributed by atoms with E-state index in [1.807, 2.05) is 43.3 Å². The second-order valence-corrected chi connectivity index (χ2v) is 8.27. The van der Waals surface area contributed by atoms with Gasteiger partial charge in [0.15, 0.2) is 0 Å². The first kappa shape index (κ1) is 19.0. The predicted molar refractivity (Wildman–Crippen MR) is 100 cm³/mol. The number of alkyl halides is 1. The van der Waals surface area contributed by atoms with Gasteiger partial charge in [0, 0.05) is 18.4 Å². The van der Waals surface area contributed by atoms with Crippen LogP contribution in [-0.4, -0.2) is 31.7 Å². The minimum atomic E-state index is -3.52. The summed E-state index contributed by atoms with van der Waals surface area (Å²) in [6, 6.07) is 14.5. The molecule has 0 aliphatic carbocycles. The predicted octanol–water partition coefficient (Wildman–Crippen LogP) is 3.98. The van der Waals surface area contributed by atoms with Crippen molar-refractivity contribution >= 4 is 26.0 Å². The lowest BCUT2D eigenvalue weighted by Crippen LogP contribution is -2.31. The van der Waals surface area contributed by atoms with Crippen LogP contribution in [0.2, 0.25) is 0 Å². The molecule has 4 nitrogen and oxygen atoms in total. The van der Waals surface area contributed by atoms with Crippen LogP contribution in [0.3, 0.4) is 0 Å². The summed E-state index contributed by atoms with van der Waals surface area (Å²) < 4.78 is 32.6. The standard InChI is InChI=1S/C18H22BrNO3S/c1-15-4-10-18(11-5-15)24(21,22)20(13-3-12-19)14-16-6-8-17(23-2)9-7-16/h4-11H,3,12-14H2,1-2H3. The number of ether oxygens (including phenoxy) is 1. The summed E-state index contributed by atoms with van der Waals surface area (Å²) in [4.78, 5) is 0.330. The molecular formula is C18H22BrNO3S. The molecule has 6 heteroatoms. The summed E-state index contributed by atoms with van der Waals surface area (Å²) in [6.07, 6.45) is 0.751. The number of rotatable bonds is 8. The van der Waals surface area contributed by atoms with E-state index in [1.54, 1.807) is 19.2 Å². The van der Waals surface area contributed by atoms with Crippen LogP contribution >= 0.6 is 15.9 Å². The zero-order valence-corrected chi connectivity index (χ0v) is 16.3. The van der Waals surface area contributed by atoms with E-state index in [1.165, 1.54) is 4.31 Å². The molecule has 2 rings (SSSR count). The van der Waals surface area contributed by atoms with E-state index in [0.717, 1.165) is 28.6 Å². The lowest BCUT2D eigenvalue weighted by atomic mass is 10.2. The van der Waals surface area contributed by atoms with Crippen molar-refractivity contribution in [3.05, 3.63) is 59.7 Å². The summed E-state index contributed by atoms with van der Waals surface area (Å²) in [5.74, 6) is 0.757. The van der Waals surface area contributed by atoms with E-state index in [9.17, 15) is 8.42 Å². The van der Waals surface area contributed by atoms with Gasteiger partial charge in [-0.05, 0) is 43.2 Å². The van der Waals surface area contributed by atoms with Gasteiger partial charge in [0.1, 0.15) is 5.75 Å². The highest BCUT2D eigenvalue weighted by Crippen LogP contribution is 2.21. The molecule has 2 aromatic rings. The Balaban J connectivity index is 2.27. The molecule has 0 amide bonds. The van der Waals surface area contributed by atoms with Crippen molar-refractivity contribution in [1.29, 1.82) is 0 Å². The maximum Gasteiger partial charge on any atom is 0.243 e. The molecule has 0 atom stereocenters. The highest BCUT2D eigenvalue weighted by Gasteiger charge is 2.24. The zero-order chi connectivity index (χ0) is 17.6. The molecule has 0 N–H and O–H groups in total. The summed E-state index contributed by atoms with van der Waals surface area (Å²) in [5, 5.41) is 0.759. The van der Waals surface area contributed by atoms with Crippen LogP contribution in [0.4, 0.5) is 0 Å². The van der Waals surface area contributed by atoms with Gasteiger partial charge in [-0.1, -0.05) is 45.8 Å². The number of sulfonamides is 1. The largest absolute Gasteiger partial charge is 0.497 e. The zero-order valence-electron chi connectivity index (χ0n) is 13.9. The molecule has 0 radical (unpaired) electrons. The Labute approximate surface area is 152 Å². The normalized spacial score (nSPS) is 11.7. The fraction of sp³-hybridized carbons (Fsp3) is 0.333. The lowest BCUT2D eigenvalue weighted by molar-refractivity contribution is 0.404. The molecule has 130 valence electrons. The van der Waals surface area contributed by atoms with Crippen molar-refractivity contribution in [3.8, 4) is 5.75 Å². The smallest absolute Gasteiger partial charge is 0.243 e. The minimum Gasteiger partial charge on any atom is -0.497 e. The number of benzene rings is 2. The van der Waals surface area contributed by atoms with Crippen LogP contribution in [0, 0.1) is 6.92 Å². The second kappa shape index (κ2) is 8.65. The fourth-order valence-electron chi connectivity index (χ4n) is 2.31. The number of halogens is 1. The number of aryl methyl sites for hydroxylation is 1. The van der Waals surface area contributed by atoms with Crippen LogP contribution in [0.15, 0.2) is 53.4 Å². The van der Waals surface area contributed by atoms with Gasteiger partial charge in [-0.15, -0.1) is 0 Å². The average Bonchev–Trinajstić information content (AvgIpc) is 2.59. The Kier molecular flexibility index (Phi) is 6.83. The van der Waals surface area contributed by atoms with Gasteiger partial charge in [0.2, 0.25) is 10.0 Å². The minimum absolute atomic E-state index is 0.330. The quantitative estimate of drug-likeness (QED) is 0.617. The first-order valence-corrected chi connectivity index (χ1v) is 10.3. The first-order valence-electron chi connectivity index (χ1n) is 7.73. The summed E-state index contributed by atoms with van der Waals surface area (Å²) in [7, 11) is -1.91. The van der Waals surface area contributed by atoms with Gasteiger partial charge < -0.3 is 4.74 Å². The van der Waals surface area contributed by atoms with Gasteiger partial charge in [0.25, 0.3) is 0 Å². The third-order valence-electron chi connectivity index (χ3n) is 3.72. The van der Waals surface area contributed by atoms with Gasteiger partial charge >= 0.3 is 0 Å². The molecule has 24 heavy (non-hydrogen) atoms. The number of hydrogen-bond acceptors (Lipinski definition) is 3. The Bertz CT molecular complexity index is 743. The van der Waals surface area contributed by atoms with Crippen LogP contribution < -0.4 is 4.74 Å². The molecule has 0 aromatic heterocycles. The SMILES string of the molecule is COc1ccc(CN(CCCBr)S(=O)(=O)c2ccc(C)cc2)cc1. The van der Waals surface area contributed by atoms with Crippen molar-refractivity contribution in [1.82, 2.24) is 4.31 Å². The van der Waals surface area contributed by atoms with E-state index in [-0.39, 0.29) is 0 Å². The molecule has 0 heterocycles. The molecule has 0 bridgehead atoms.